The van der Waals surface area contributed by atoms with Gasteiger partial charge in [0.25, 0.3) is 10.0 Å². The van der Waals surface area contributed by atoms with Gasteiger partial charge in [-0.15, -0.1) is 0 Å². The van der Waals surface area contributed by atoms with Crippen LogP contribution in [0.15, 0.2) is 71.8 Å². The number of nitrogens with zero attached hydrogens (tertiary/aromatic N) is 4. The summed E-state index contributed by atoms with van der Waals surface area (Å²) in [5.74, 6) is 0.928. The largest absolute Gasteiger partial charge is 0.263 e. The van der Waals surface area contributed by atoms with E-state index in [0.29, 0.717) is 5.82 Å². The second-order valence-electron chi connectivity index (χ2n) is 5.69. The molecule has 1 aromatic carbocycles. The maximum Gasteiger partial charge on any atom is 0.263 e. The van der Waals surface area contributed by atoms with Gasteiger partial charge in [0.1, 0.15) is 11.6 Å². The van der Waals surface area contributed by atoms with E-state index in [1.165, 1.54) is 12.1 Å². The predicted octanol–water partition coefficient (Wildman–Crippen LogP) is 2.90. The molecule has 8 heteroatoms. The van der Waals surface area contributed by atoms with Crippen molar-refractivity contribution in [3.05, 3.63) is 72.7 Å². The summed E-state index contributed by atoms with van der Waals surface area (Å²) in [5, 5.41) is 4.38. The van der Waals surface area contributed by atoms with Crippen molar-refractivity contribution in [2.24, 2.45) is 0 Å². The lowest BCUT2D eigenvalue weighted by molar-refractivity contribution is 0.601. The van der Waals surface area contributed by atoms with Crippen molar-refractivity contribution < 1.29 is 8.42 Å². The molecule has 26 heavy (non-hydrogen) atoms. The highest BCUT2D eigenvalue weighted by molar-refractivity contribution is 7.92. The number of hydrogen-bond donors (Lipinski definition) is 1. The van der Waals surface area contributed by atoms with E-state index in [0.717, 1.165) is 16.9 Å². The number of sulfonamides is 1. The summed E-state index contributed by atoms with van der Waals surface area (Å²) in [6.45, 7) is 1.83. The fraction of sp³-hybridized carbons (Fsp3) is 0.0556. The Kier molecular flexibility index (Phi) is 3.89. The van der Waals surface area contributed by atoms with Gasteiger partial charge >= 0.3 is 0 Å². The number of aromatic nitrogens is 4. The van der Waals surface area contributed by atoms with Gasteiger partial charge in [-0.05, 0) is 43.3 Å². The Balaban J connectivity index is 1.65. The van der Waals surface area contributed by atoms with Crippen molar-refractivity contribution in [2.75, 3.05) is 4.72 Å². The van der Waals surface area contributed by atoms with Crippen LogP contribution in [0, 0.1) is 6.92 Å². The first kappa shape index (κ1) is 16.2. The molecule has 0 aliphatic rings. The normalized spacial score (nSPS) is 11.6. The first-order chi connectivity index (χ1) is 12.5. The molecule has 0 radical (unpaired) electrons. The van der Waals surface area contributed by atoms with E-state index in [1.54, 1.807) is 41.0 Å². The molecule has 0 fully saturated rings. The molecular weight excluding hydrogens is 350 g/mol. The highest BCUT2D eigenvalue weighted by Crippen LogP contribution is 2.21. The van der Waals surface area contributed by atoms with Gasteiger partial charge < -0.3 is 0 Å². The van der Waals surface area contributed by atoms with Gasteiger partial charge in [0.2, 0.25) is 0 Å². The van der Waals surface area contributed by atoms with E-state index in [2.05, 4.69) is 19.8 Å². The molecule has 3 aromatic heterocycles. The topological polar surface area (TPSA) is 89.2 Å². The average Bonchev–Trinajstić information content (AvgIpc) is 3.03. The minimum atomic E-state index is -3.66. The number of nitrogens with one attached hydrogen (secondary N) is 1. The van der Waals surface area contributed by atoms with Crippen molar-refractivity contribution in [2.45, 2.75) is 11.8 Å². The molecule has 3 heterocycles. The Morgan fingerprint density at radius 2 is 1.77 bits per heavy atom. The highest BCUT2D eigenvalue weighted by atomic mass is 32.2. The predicted molar refractivity (Wildman–Crippen MR) is 98.2 cm³/mol. The number of benzene rings is 1. The monoisotopic (exact) mass is 365 g/mol. The van der Waals surface area contributed by atoms with Gasteiger partial charge in [0.15, 0.2) is 5.65 Å². The van der Waals surface area contributed by atoms with Crippen molar-refractivity contribution in [3.8, 4) is 11.3 Å². The zero-order valence-corrected chi connectivity index (χ0v) is 14.7. The number of fused-ring (bicyclic) bond motifs is 1. The molecule has 0 aliphatic carbocycles. The Bertz CT molecular complexity index is 1170. The van der Waals surface area contributed by atoms with Crippen LogP contribution < -0.4 is 4.72 Å². The van der Waals surface area contributed by atoms with Gasteiger partial charge in [-0.2, -0.15) is 5.10 Å². The van der Waals surface area contributed by atoms with Crippen LogP contribution in [-0.4, -0.2) is 28.0 Å². The minimum absolute atomic E-state index is 0.189. The lowest BCUT2D eigenvalue weighted by atomic mass is 10.2. The third kappa shape index (κ3) is 3.02. The summed E-state index contributed by atoms with van der Waals surface area (Å²) in [6.07, 6.45) is 1.61. The van der Waals surface area contributed by atoms with Gasteiger partial charge in [-0.1, -0.05) is 24.3 Å². The van der Waals surface area contributed by atoms with Crippen LogP contribution in [0.2, 0.25) is 0 Å². The van der Waals surface area contributed by atoms with E-state index in [9.17, 15) is 8.42 Å². The van der Waals surface area contributed by atoms with E-state index in [4.69, 9.17) is 0 Å². The zero-order chi connectivity index (χ0) is 18.1. The molecule has 4 rings (SSSR count). The second kappa shape index (κ2) is 6.23. The Morgan fingerprint density at radius 1 is 0.962 bits per heavy atom. The summed E-state index contributed by atoms with van der Waals surface area (Å²) >= 11 is 0. The van der Waals surface area contributed by atoms with Crippen LogP contribution in [-0.2, 0) is 10.0 Å². The van der Waals surface area contributed by atoms with Crippen molar-refractivity contribution in [3.63, 3.8) is 0 Å². The van der Waals surface area contributed by atoms with Crippen LogP contribution in [0.25, 0.3) is 16.9 Å². The number of aryl methyl sites for hydroxylation is 1. The highest BCUT2D eigenvalue weighted by Gasteiger charge is 2.14. The minimum Gasteiger partial charge on any atom is -0.263 e. The first-order valence-electron chi connectivity index (χ1n) is 7.90. The van der Waals surface area contributed by atoms with Gasteiger partial charge in [-0.3, -0.25) is 4.72 Å². The molecule has 4 aromatic rings. The molecule has 0 bridgehead atoms. The SMILES string of the molecule is Cc1nc2cccc(-c3ccc(NS(=O)(=O)c4ccccc4)nc3)n2n1. The van der Waals surface area contributed by atoms with Crippen LogP contribution in [0.5, 0.6) is 0 Å². The number of anilines is 1. The fourth-order valence-corrected chi connectivity index (χ4v) is 3.66. The maximum absolute atomic E-state index is 12.4. The molecule has 0 unspecified atom stereocenters. The summed E-state index contributed by atoms with van der Waals surface area (Å²) in [4.78, 5) is 8.75. The number of pyridine rings is 2. The molecule has 7 nitrogen and oxygen atoms in total. The summed E-state index contributed by atoms with van der Waals surface area (Å²) in [6, 6.07) is 17.3. The van der Waals surface area contributed by atoms with E-state index in [1.807, 2.05) is 25.1 Å². The van der Waals surface area contributed by atoms with Gasteiger partial charge in [-0.25, -0.2) is 22.9 Å². The Morgan fingerprint density at radius 3 is 2.50 bits per heavy atom. The molecule has 0 aliphatic heterocycles. The summed E-state index contributed by atoms with van der Waals surface area (Å²) < 4.78 is 28.9. The lowest BCUT2D eigenvalue weighted by Crippen LogP contribution is -2.13. The Labute approximate surface area is 150 Å². The first-order valence-corrected chi connectivity index (χ1v) is 9.38. The van der Waals surface area contributed by atoms with Crippen LogP contribution >= 0.6 is 0 Å². The molecule has 0 saturated carbocycles. The molecule has 0 spiro atoms. The standard InChI is InChI=1S/C18H15N5O2S/c1-13-20-18-9-5-8-16(23(18)21-13)14-10-11-17(19-12-14)22-26(24,25)15-6-3-2-4-7-15/h2-12H,1H3,(H,19,22). The fourth-order valence-electron chi connectivity index (χ4n) is 2.63. The molecule has 0 saturated heterocycles. The Hall–Kier alpha value is -3.26. The van der Waals surface area contributed by atoms with E-state index in [-0.39, 0.29) is 10.7 Å². The van der Waals surface area contributed by atoms with Crippen LogP contribution in [0.3, 0.4) is 0 Å². The van der Waals surface area contributed by atoms with E-state index < -0.39 is 10.0 Å². The van der Waals surface area contributed by atoms with Crippen molar-refractivity contribution >= 4 is 21.5 Å². The maximum atomic E-state index is 12.4. The van der Waals surface area contributed by atoms with Crippen molar-refractivity contribution in [1.29, 1.82) is 0 Å². The third-order valence-corrected chi connectivity index (χ3v) is 5.19. The molecule has 0 atom stereocenters. The number of hydrogen-bond acceptors (Lipinski definition) is 5. The van der Waals surface area contributed by atoms with Crippen molar-refractivity contribution in [1.82, 2.24) is 19.6 Å². The molecule has 130 valence electrons. The van der Waals surface area contributed by atoms with Crippen LogP contribution in [0.4, 0.5) is 5.82 Å². The zero-order valence-electron chi connectivity index (χ0n) is 13.9. The smallest absolute Gasteiger partial charge is 0.263 e. The second-order valence-corrected chi connectivity index (χ2v) is 7.37. The third-order valence-electron chi connectivity index (χ3n) is 3.82. The summed E-state index contributed by atoms with van der Waals surface area (Å²) in [7, 11) is -3.66. The number of rotatable bonds is 4. The van der Waals surface area contributed by atoms with Gasteiger partial charge in [0.05, 0.1) is 10.6 Å². The molecular formula is C18H15N5O2S. The van der Waals surface area contributed by atoms with Crippen LogP contribution in [0.1, 0.15) is 5.82 Å². The lowest BCUT2D eigenvalue weighted by Gasteiger charge is -2.08. The average molecular weight is 365 g/mol. The summed E-state index contributed by atoms with van der Waals surface area (Å²) in [5.41, 5.74) is 2.38. The van der Waals surface area contributed by atoms with E-state index >= 15 is 0 Å². The molecule has 0 amide bonds. The van der Waals surface area contributed by atoms with Gasteiger partial charge in [0, 0.05) is 11.8 Å². The molecule has 1 N–H and O–H groups in total. The quantitative estimate of drug-likeness (QED) is 0.601.